The SMILES string of the molecule is [Li][c]1c(-c2ccccc2)cccc1-c1ccccc1. The van der Waals surface area contributed by atoms with Gasteiger partial charge in [0.1, 0.15) is 0 Å². The fourth-order valence-corrected chi connectivity index (χ4v) is 2.50. The summed E-state index contributed by atoms with van der Waals surface area (Å²) in [6.45, 7) is 0. The van der Waals surface area contributed by atoms with Crippen molar-refractivity contribution in [2.45, 2.75) is 0 Å². The van der Waals surface area contributed by atoms with E-state index in [2.05, 4.69) is 96.6 Å². The summed E-state index contributed by atoms with van der Waals surface area (Å²) in [4.78, 5) is 0. The van der Waals surface area contributed by atoms with E-state index in [1.165, 1.54) is 26.5 Å². The van der Waals surface area contributed by atoms with E-state index in [-0.39, 0.29) is 0 Å². The maximum absolute atomic E-state index is 2.20. The van der Waals surface area contributed by atoms with E-state index >= 15 is 0 Å². The van der Waals surface area contributed by atoms with Crippen LogP contribution in [0.3, 0.4) is 0 Å². The Morgan fingerprint density at radius 3 is 1.32 bits per heavy atom. The Morgan fingerprint density at radius 1 is 0.474 bits per heavy atom. The summed E-state index contributed by atoms with van der Waals surface area (Å²) in [6.07, 6.45) is 0. The molecule has 0 N–H and O–H groups in total. The third-order valence-corrected chi connectivity index (χ3v) is 3.50. The van der Waals surface area contributed by atoms with Gasteiger partial charge in [-0.25, -0.2) is 0 Å². The van der Waals surface area contributed by atoms with Crippen molar-refractivity contribution in [2.24, 2.45) is 0 Å². The van der Waals surface area contributed by atoms with Crippen LogP contribution >= 0.6 is 0 Å². The summed E-state index contributed by atoms with van der Waals surface area (Å²) in [5, 5.41) is 0. The van der Waals surface area contributed by atoms with E-state index in [0.717, 1.165) is 0 Å². The van der Waals surface area contributed by atoms with Gasteiger partial charge in [-0.1, -0.05) is 0 Å². The van der Waals surface area contributed by atoms with Gasteiger partial charge >= 0.3 is 123 Å². The number of benzene rings is 3. The molecule has 0 fully saturated rings. The molecule has 0 aliphatic rings. The molecule has 0 saturated carbocycles. The molecule has 0 aliphatic heterocycles. The van der Waals surface area contributed by atoms with Crippen LogP contribution in [0, 0.1) is 0 Å². The fourth-order valence-electron chi connectivity index (χ4n) is 2.50. The Bertz CT molecular complexity index is 615. The van der Waals surface area contributed by atoms with Crippen LogP contribution < -0.4 is 4.24 Å². The van der Waals surface area contributed by atoms with Gasteiger partial charge in [-0.15, -0.1) is 0 Å². The van der Waals surface area contributed by atoms with Gasteiger partial charge in [-0.3, -0.25) is 0 Å². The van der Waals surface area contributed by atoms with Crippen LogP contribution in [-0.4, -0.2) is 17.7 Å². The summed E-state index contributed by atoms with van der Waals surface area (Å²) in [7, 11) is 0. The zero-order chi connectivity index (χ0) is 13.1. The average Bonchev–Trinajstić information content (AvgIpc) is 2.49. The zero-order valence-corrected chi connectivity index (χ0v) is 11.0. The van der Waals surface area contributed by atoms with E-state index in [1.54, 1.807) is 0 Å². The molecule has 1 heteroatoms. The van der Waals surface area contributed by atoms with E-state index in [1.807, 2.05) is 0 Å². The molecule has 0 bridgehead atoms. The quantitative estimate of drug-likeness (QED) is 0.593. The average molecular weight is 236 g/mol. The molecule has 3 rings (SSSR count). The normalized spacial score (nSPS) is 10.4. The summed E-state index contributed by atoms with van der Waals surface area (Å²) < 4.78 is 1.33. The van der Waals surface area contributed by atoms with Crippen molar-refractivity contribution in [1.29, 1.82) is 0 Å². The molecule has 0 amide bonds. The van der Waals surface area contributed by atoms with Gasteiger partial charge in [0.2, 0.25) is 0 Å². The molecule has 0 nitrogen and oxygen atoms in total. The number of hydrogen-bond donors (Lipinski definition) is 0. The fraction of sp³-hybridized carbons (Fsp3) is 0. The van der Waals surface area contributed by atoms with Gasteiger partial charge in [-0.05, 0) is 0 Å². The van der Waals surface area contributed by atoms with Crippen molar-refractivity contribution < 1.29 is 0 Å². The molecule has 0 atom stereocenters. The van der Waals surface area contributed by atoms with E-state index in [0.29, 0.717) is 0 Å². The molecular weight excluding hydrogens is 223 g/mol. The van der Waals surface area contributed by atoms with Crippen LogP contribution in [0.1, 0.15) is 0 Å². The Morgan fingerprint density at radius 2 is 0.895 bits per heavy atom. The summed E-state index contributed by atoms with van der Waals surface area (Å²) >= 11 is 2.20. The monoisotopic (exact) mass is 236 g/mol. The van der Waals surface area contributed by atoms with Crippen LogP contribution in [0.25, 0.3) is 22.3 Å². The van der Waals surface area contributed by atoms with Crippen molar-refractivity contribution in [2.75, 3.05) is 0 Å². The standard InChI is InChI=1S/C18H13.Li/c1-3-8-15(9-4-1)17-12-7-13-18(14-17)16-10-5-2-6-11-16;/h1-13H;. The maximum atomic E-state index is 2.20. The summed E-state index contributed by atoms with van der Waals surface area (Å²) in [6, 6.07) is 27.6. The third kappa shape index (κ3) is 2.51. The molecule has 0 saturated heterocycles. The molecule has 3 aromatic carbocycles. The first-order valence-corrected chi connectivity index (χ1v) is 6.57. The minimum atomic E-state index is 1.28. The number of hydrogen-bond acceptors (Lipinski definition) is 0. The second-order valence-corrected chi connectivity index (χ2v) is 4.71. The predicted molar refractivity (Wildman–Crippen MR) is 82.7 cm³/mol. The van der Waals surface area contributed by atoms with Crippen LogP contribution in [0.5, 0.6) is 0 Å². The summed E-state index contributed by atoms with van der Waals surface area (Å²) in [5.41, 5.74) is 5.17. The molecule has 19 heavy (non-hydrogen) atoms. The van der Waals surface area contributed by atoms with Gasteiger partial charge in [0.15, 0.2) is 0 Å². The predicted octanol–water partition coefficient (Wildman–Crippen LogP) is 3.81. The van der Waals surface area contributed by atoms with Crippen molar-refractivity contribution >= 4 is 22.0 Å². The Hall–Kier alpha value is -1.74. The molecule has 0 aliphatic carbocycles. The van der Waals surface area contributed by atoms with Crippen molar-refractivity contribution in [1.82, 2.24) is 0 Å². The topological polar surface area (TPSA) is 0 Å². The van der Waals surface area contributed by atoms with Crippen molar-refractivity contribution in [3.8, 4) is 22.3 Å². The van der Waals surface area contributed by atoms with Gasteiger partial charge in [-0.2, -0.15) is 0 Å². The van der Waals surface area contributed by atoms with Gasteiger partial charge < -0.3 is 0 Å². The molecular formula is C18H13Li. The molecule has 3 aromatic rings. The van der Waals surface area contributed by atoms with E-state index < -0.39 is 0 Å². The Balaban J connectivity index is 2.15. The molecule has 0 heterocycles. The van der Waals surface area contributed by atoms with Gasteiger partial charge in [0.25, 0.3) is 0 Å². The third-order valence-electron chi connectivity index (χ3n) is 3.50. The summed E-state index contributed by atoms with van der Waals surface area (Å²) in [5.74, 6) is 0. The van der Waals surface area contributed by atoms with Crippen LogP contribution in [-0.2, 0) is 0 Å². The molecule has 0 radical (unpaired) electrons. The number of rotatable bonds is 2. The van der Waals surface area contributed by atoms with Crippen LogP contribution in [0.4, 0.5) is 0 Å². The molecule has 0 spiro atoms. The molecule has 0 unspecified atom stereocenters. The molecule has 86 valence electrons. The van der Waals surface area contributed by atoms with Crippen LogP contribution in [0.15, 0.2) is 78.9 Å². The Labute approximate surface area is 123 Å². The molecule has 0 aromatic heterocycles. The first-order valence-electron chi connectivity index (χ1n) is 6.57. The zero-order valence-electron chi connectivity index (χ0n) is 11.0. The Kier molecular flexibility index (Phi) is 3.55. The second-order valence-electron chi connectivity index (χ2n) is 4.71. The minimum absolute atomic E-state index is 1.28. The first kappa shape index (κ1) is 12.3. The van der Waals surface area contributed by atoms with Crippen LogP contribution in [0.2, 0.25) is 0 Å². The first-order chi connectivity index (χ1) is 9.36. The van der Waals surface area contributed by atoms with Crippen molar-refractivity contribution in [3.05, 3.63) is 78.9 Å². The van der Waals surface area contributed by atoms with Gasteiger partial charge in [0, 0.05) is 0 Å². The van der Waals surface area contributed by atoms with Gasteiger partial charge in [0.05, 0.1) is 0 Å². The van der Waals surface area contributed by atoms with E-state index in [9.17, 15) is 0 Å². The second kappa shape index (κ2) is 5.49. The van der Waals surface area contributed by atoms with E-state index in [4.69, 9.17) is 0 Å². The van der Waals surface area contributed by atoms with Crippen molar-refractivity contribution in [3.63, 3.8) is 0 Å².